The summed E-state index contributed by atoms with van der Waals surface area (Å²) in [5.41, 5.74) is 2.14. The van der Waals surface area contributed by atoms with Gasteiger partial charge in [0, 0.05) is 29.3 Å². The van der Waals surface area contributed by atoms with Crippen molar-refractivity contribution in [1.82, 2.24) is 10.2 Å². The third-order valence-corrected chi connectivity index (χ3v) is 3.82. The molecule has 0 unspecified atom stereocenters. The van der Waals surface area contributed by atoms with Gasteiger partial charge < -0.3 is 19.5 Å². The molecule has 7 heteroatoms. The highest BCUT2D eigenvalue weighted by Crippen LogP contribution is 2.39. The number of para-hydroxylation sites is 1. The molecule has 3 rings (SSSR count). The molecule has 0 saturated carbocycles. The second-order valence-electron chi connectivity index (χ2n) is 5.39. The Morgan fingerprint density at radius 1 is 1.08 bits per heavy atom. The molecule has 0 atom stereocenters. The minimum absolute atomic E-state index is 0.300. The number of benzene rings is 2. The largest absolute Gasteiger partial charge is 0.493 e. The summed E-state index contributed by atoms with van der Waals surface area (Å²) in [4.78, 5) is 12.2. The maximum Gasteiger partial charge on any atom is 0.248 e. The van der Waals surface area contributed by atoms with Crippen molar-refractivity contribution in [3.63, 3.8) is 0 Å². The first-order chi connectivity index (χ1) is 12.7. The van der Waals surface area contributed by atoms with Crippen molar-refractivity contribution in [2.75, 3.05) is 26.6 Å². The number of nitrogens with one attached hydrogen (secondary N) is 2. The molecule has 1 aromatic heterocycles. The predicted molar refractivity (Wildman–Crippen MR) is 99.9 cm³/mol. The third-order valence-electron chi connectivity index (χ3n) is 3.82. The zero-order chi connectivity index (χ0) is 18.5. The van der Waals surface area contributed by atoms with Crippen LogP contribution in [0.25, 0.3) is 17.0 Å². The first-order valence-corrected chi connectivity index (χ1v) is 7.88. The second kappa shape index (κ2) is 7.60. The number of anilines is 1. The fourth-order valence-corrected chi connectivity index (χ4v) is 2.60. The molecular formula is C19H19N3O4. The van der Waals surface area contributed by atoms with Crippen LogP contribution in [0.1, 0.15) is 5.69 Å². The number of ether oxygens (including phenoxy) is 3. The van der Waals surface area contributed by atoms with Crippen molar-refractivity contribution >= 4 is 28.6 Å². The molecule has 0 aliphatic carbocycles. The molecule has 0 aliphatic rings. The molecule has 0 radical (unpaired) electrons. The van der Waals surface area contributed by atoms with Crippen molar-refractivity contribution < 1.29 is 19.0 Å². The van der Waals surface area contributed by atoms with E-state index in [4.69, 9.17) is 14.2 Å². The summed E-state index contributed by atoms with van der Waals surface area (Å²) in [6.45, 7) is 0. The van der Waals surface area contributed by atoms with Crippen molar-refractivity contribution in [3.8, 4) is 17.2 Å². The number of hydrogen-bond acceptors (Lipinski definition) is 5. The second-order valence-corrected chi connectivity index (χ2v) is 5.39. The lowest BCUT2D eigenvalue weighted by Crippen LogP contribution is -2.08. The van der Waals surface area contributed by atoms with E-state index in [-0.39, 0.29) is 5.91 Å². The van der Waals surface area contributed by atoms with Gasteiger partial charge in [0.1, 0.15) is 0 Å². The van der Waals surface area contributed by atoms with Crippen LogP contribution in [-0.2, 0) is 4.79 Å². The summed E-state index contributed by atoms with van der Waals surface area (Å²) in [5, 5.41) is 10.9. The number of H-pyrrole nitrogens is 1. The Kier molecular flexibility index (Phi) is 5.07. The maximum absolute atomic E-state index is 12.2. The molecule has 134 valence electrons. The molecule has 2 N–H and O–H groups in total. The number of nitrogens with zero attached hydrogens (tertiary/aromatic N) is 1. The molecule has 3 aromatic rings. The Hall–Kier alpha value is -3.48. The van der Waals surface area contributed by atoms with Crippen LogP contribution >= 0.6 is 0 Å². The fraction of sp³-hybridized carbons (Fsp3) is 0.158. The number of aromatic amines is 1. The minimum Gasteiger partial charge on any atom is -0.493 e. The van der Waals surface area contributed by atoms with Crippen molar-refractivity contribution in [2.24, 2.45) is 0 Å². The molecule has 1 heterocycles. The van der Waals surface area contributed by atoms with Gasteiger partial charge in [-0.1, -0.05) is 18.2 Å². The van der Waals surface area contributed by atoms with Crippen LogP contribution in [0.5, 0.6) is 17.2 Å². The first-order valence-electron chi connectivity index (χ1n) is 7.88. The fourth-order valence-electron chi connectivity index (χ4n) is 2.60. The van der Waals surface area contributed by atoms with Gasteiger partial charge in [0.2, 0.25) is 11.7 Å². The molecule has 0 fully saturated rings. The lowest BCUT2D eigenvalue weighted by molar-refractivity contribution is -0.111. The molecule has 0 spiro atoms. The van der Waals surface area contributed by atoms with Gasteiger partial charge in [-0.2, -0.15) is 5.10 Å². The van der Waals surface area contributed by atoms with E-state index in [9.17, 15) is 4.79 Å². The van der Waals surface area contributed by atoms with E-state index in [1.165, 1.54) is 27.4 Å². The van der Waals surface area contributed by atoms with Gasteiger partial charge in [0.25, 0.3) is 0 Å². The van der Waals surface area contributed by atoms with Gasteiger partial charge in [-0.05, 0) is 12.1 Å². The van der Waals surface area contributed by atoms with E-state index in [0.29, 0.717) is 28.6 Å². The van der Waals surface area contributed by atoms with E-state index in [1.54, 1.807) is 18.2 Å². The number of rotatable bonds is 6. The Bertz CT molecular complexity index is 937. The lowest BCUT2D eigenvalue weighted by Gasteiger charge is -2.14. The van der Waals surface area contributed by atoms with Gasteiger partial charge in [0.15, 0.2) is 11.5 Å². The normalized spacial score (nSPS) is 10.9. The topological polar surface area (TPSA) is 85.5 Å². The smallest absolute Gasteiger partial charge is 0.248 e. The molecular weight excluding hydrogens is 334 g/mol. The van der Waals surface area contributed by atoms with E-state index in [2.05, 4.69) is 15.5 Å². The van der Waals surface area contributed by atoms with Crippen LogP contribution in [-0.4, -0.2) is 37.4 Å². The Balaban J connectivity index is 1.79. The van der Waals surface area contributed by atoms with Gasteiger partial charge in [-0.25, -0.2) is 0 Å². The van der Waals surface area contributed by atoms with E-state index < -0.39 is 0 Å². The quantitative estimate of drug-likeness (QED) is 0.665. The van der Waals surface area contributed by atoms with E-state index in [0.717, 1.165) is 10.9 Å². The van der Waals surface area contributed by atoms with Crippen LogP contribution in [0.2, 0.25) is 0 Å². The summed E-state index contributed by atoms with van der Waals surface area (Å²) in [5.74, 6) is 1.09. The molecule has 2 aromatic carbocycles. The van der Waals surface area contributed by atoms with E-state index >= 15 is 0 Å². The van der Waals surface area contributed by atoms with Crippen LogP contribution in [0, 0.1) is 0 Å². The highest BCUT2D eigenvalue weighted by atomic mass is 16.5. The van der Waals surface area contributed by atoms with Gasteiger partial charge in [-0.15, -0.1) is 0 Å². The molecule has 1 amide bonds. The number of carbonyl (C=O) groups is 1. The molecule has 0 aliphatic heterocycles. The minimum atomic E-state index is -0.300. The Morgan fingerprint density at radius 3 is 2.42 bits per heavy atom. The summed E-state index contributed by atoms with van der Waals surface area (Å²) in [6.07, 6.45) is 3.08. The zero-order valence-electron chi connectivity index (χ0n) is 14.7. The average Bonchev–Trinajstić information content (AvgIpc) is 3.08. The van der Waals surface area contributed by atoms with E-state index in [1.807, 2.05) is 24.3 Å². The standard InChI is InChI=1S/C19H19N3O4/c1-24-16-10-12(11-17(25-2)19(16)26-3)20-18(23)9-8-15-13-6-4-5-7-14(13)21-22-15/h4-11H,1-3H3,(H,20,23)(H,21,22)/b9-8+. The number of methoxy groups -OCH3 is 3. The lowest BCUT2D eigenvalue weighted by atomic mass is 10.2. The monoisotopic (exact) mass is 353 g/mol. The van der Waals surface area contributed by atoms with Crippen LogP contribution in [0.3, 0.4) is 0 Å². The van der Waals surface area contributed by atoms with Crippen molar-refractivity contribution in [1.29, 1.82) is 0 Å². The summed E-state index contributed by atoms with van der Waals surface area (Å²) >= 11 is 0. The van der Waals surface area contributed by atoms with Crippen LogP contribution in [0.4, 0.5) is 5.69 Å². The van der Waals surface area contributed by atoms with Crippen molar-refractivity contribution in [3.05, 3.63) is 48.2 Å². The average molecular weight is 353 g/mol. The van der Waals surface area contributed by atoms with Crippen molar-refractivity contribution in [2.45, 2.75) is 0 Å². The van der Waals surface area contributed by atoms with Gasteiger partial charge >= 0.3 is 0 Å². The first kappa shape index (κ1) is 17.3. The summed E-state index contributed by atoms with van der Waals surface area (Å²) in [7, 11) is 4.56. The highest BCUT2D eigenvalue weighted by Gasteiger charge is 2.14. The molecule has 0 saturated heterocycles. The Morgan fingerprint density at radius 2 is 1.77 bits per heavy atom. The summed E-state index contributed by atoms with van der Waals surface area (Å²) < 4.78 is 15.8. The summed E-state index contributed by atoms with van der Waals surface area (Å²) in [6, 6.07) is 11.0. The van der Waals surface area contributed by atoms with Gasteiger partial charge in [-0.3, -0.25) is 9.89 Å². The van der Waals surface area contributed by atoms with Crippen LogP contribution in [0.15, 0.2) is 42.5 Å². The predicted octanol–water partition coefficient (Wildman–Crippen LogP) is 3.24. The molecule has 26 heavy (non-hydrogen) atoms. The highest BCUT2D eigenvalue weighted by molar-refractivity contribution is 6.03. The van der Waals surface area contributed by atoms with Crippen LogP contribution < -0.4 is 19.5 Å². The Labute approximate surface area is 150 Å². The number of fused-ring (bicyclic) bond motifs is 1. The number of aromatic nitrogens is 2. The molecule has 0 bridgehead atoms. The third kappa shape index (κ3) is 3.46. The van der Waals surface area contributed by atoms with Gasteiger partial charge in [0.05, 0.1) is 32.5 Å². The number of hydrogen-bond donors (Lipinski definition) is 2. The zero-order valence-corrected chi connectivity index (χ0v) is 14.7. The maximum atomic E-state index is 12.2. The number of amides is 1. The number of carbonyl (C=O) groups excluding carboxylic acids is 1. The molecule has 7 nitrogen and oxygen atoms in total. The SMILES string of the molecule is COc1cc(NC(=O)/C=C/c2n[nH]c3ccccc23)cc(OC)c1OC.